The number of aromatic nitrogens is 2. The zero-order valence-corrected chi connectivity index (χ0v) is 16.2. The zero-order chi connectivity index (χ0) is 19.7. The molecule has 1 saturated carbocycles. The molecule has 1 aromatic heterocycles. The van der Waals surface area contributed by atoms with Gasteiger partial charge in [-0.1, -0.05) is 0 Å². The number of aryl methyl sites for hydroxylation is 1. The van der Waals surface area contributed by atoms with Crippen LogP contribution in [0.15, 0.2) is 22.8 Å². The molecule has 148 valence electrons. The highest BCUT2D eigenvalue weighted by Gasteiger charge is 2.44. The monoisotopic (exact) mass is 382 g/mol. The van der Waals surface area contributed by atoms with Gasteiger partial charge in [-0.2, -0.15) is 10.2 Å². The van der Waals surface area contributed by atoms with Crippen molar-refractivity contribution in [1.29, 1.82) is 0 Å². The van der Waals surface area contributed by atoms with Crippen LogP contribution in [-0.4, -0.2) is 51.1 Å². The van der Waals surface area contributed by atoms with Gasteiger partial charge in [-0.3, -0.25) is 9.59 Å². The highest BCUT2D eigenvalue weighted by molar-refractivity contribution is 5.83. The Balaban J connectivity index is 1.39. The number of carbonyl (C=O) groups excluding carboxylic acids is 2. The van der Waals surface area contributed by atoms with Gasteiger partial charge in [0, 0.05) is 64.0 Å². The minimum absolute atomic E-state index is 0.0335. The summed E-state index contributed by atoms with van der Waals surface area (Å²) >= 11 is 0. The largest absolute Gasteiger partial charge is 0.353 e. The Morgan fingerprint density at radius 2 is 2.11 bits per heavy atom. The third kappa shape index (κ3) is 4.08. The molecule has 2 aliphatic heterocycles. The van der Waals surface area contributed by atoms with E-state index < -0.39 is 5.66 Å². The van der Waals surface area contributed by atoms with Crippen LogP contribution in [0.25, 0.3) is 0 Å². The maximum atomic E-state index is 12.8. The predicted molar refractivity (Wildman–Crippen MR) is 102 cm³/mol. The Kier molecular flexibility index (Phi) is 4.92. The van der Waals surface area contributed by atoms with Crippen LogP contribution in [0.5, 0.6) is 0 Å². The van der Waals surface area contributed by atoms with Crippen LogP contribution in [0.1, 0.15) is 50.1 Å². The van der Waals surface area contributed by atoms with E-state index in [2.05, 4.69) is 26.4 Å². The van der Waals surface area contributed by atoms with E-state index in [-0.39, 0.29) is 23.7 Å². The van der Waals surface area contributed by atoms with Crippen molar-refractivity contribution < 1.29 is 9.59 Å². The normalized spacial score (nSPS) is 24.8. The topological polar surface area (TPSA) is 92.0 Å². The van der Waals surface area contributed by atoms with Gasteiger partial charge in [-0.05, 0) is 12.8 Å². The first-order valence-electron chi connectivity index (χ1n) is 9.93. The number of nitrogens with zero attached hydrogens (tertiary/aromatic N) is 5. The van der Waals surface area contributed by atoms with Crippen LogP contribution < -0.4 is 5.32 Å². The summed E-state index contributed by atoms with van der Waals surface area (Å²) in [7, 11) is 1.91. The SMILES string of the molecule is C#CCCC1(CCC(=O)N2C[C@@H](C(=O)NC3CC3)[C@H](c3cn(C)cn3)C2)N=N1. The van der Waals surface area contributed by atoms with E-state index in [1.54, 1.807) is 11.2 Å². The third-order valence-corrected chi connectivity index (χ3v) is 5.83. The van der Waals surface area contributed by atoms with E-state index in [4.69, 9.17) is 6.42 Å². The first-order chi connectivity index (χ1) is 13.5. The third-order valence-electron chi connectivity index (χ3n) is 5.83. The molecule has 0 bridgehead atoms. The lowest BCUT2D eigenvalue weighted by Gasteiger charge is -2.17. The number of amides is 2. The van der Waals surface area contributed by atoms with Crippen LogP contribution in [-0.2, 0) is 16.6 Å². The second kappa shape index (κ2) is 7.38. The summed E-state index contributed by atoms with van der Waals surface area (Å²) < 4.78 is 1.88. The first kappa shape index (κ1) is 18.7. The smallest absolute Gasteiger partial charge is 0.225 e. The molecule has 0 aromatic carbocycles. The first-order valence-corrected chi connectivity index (χ1v) is 9.93. The van der Waals surface area contributed by atoms with Gasteiger partial charge in [0.2, 0.25) is 11.8 Å². The fourth-order valence-electron chi connectivity index (χ4n) is 3.87. The number of terminal acetylenes is 1. The number of nitrogens with one attached hydrogen (secondary N) is 1. The summed E-state index contributed by atoms with van der Waals surface area (Å²) in [5.74, 6) is 2.34. The lowest BCUT2D eigenvalue weighted by Crippen LogP contribution is -2.36. The zero-order valence-electron chi connectivity index (χ0n) is 16.2. The van der Waals surface area contributed by atoms with E-state index in [0.29, 0.717) is 44.8 Å². The van der Waals surface area contributed by atoms with Crippen molar-refractivity contribution in [2.45, 2.75) is 56.1 Å². The molecule has 8 nitrogen and oxygen atoms in total. The summed E-state index contributed by atoms with van der Waals surface area (Å²) in [6.07, 6.45) is 13.3. The molecule has 2 amide bonds. The quantitative estimate of drug-likeness (QED) is 0.692. The molecule has 28 heavy (non-hydrogen) atoms. The Morgan fingerprint density at radius 1 is 1.32 bits per heavy atom. The lowest BCUT2D eigenvalue weighted by molar-refractivity contribution is -0.131. The van der Waals surface area contributed by atoms with Gasteiger partial charge in [0.15, 0.2) is 5.66 Å². The minimum Gasteiger partial charge on any atom is -0.353 e. The van der Waals surface area contributed by atoms with Gasteiger partial charge in [0.05, 0.1) is 17.9 Å². The van der Waals surface area contributed by atoms with Crippen LogP contribution in [0.4, 0.5) is 0 Å². The molecular formula is C20H26N6O2. The lowest BCUT2D eigenvalue weighted by atomic mass is 9.92. The maximum Gasteiger partial charge on any atom is 0.225 e. The van der Waals surface area contributed by atoms with Gasteiger partial charge in [-0.25, -0.2) is 4.98 Å². The van der Waals surface area contributed by atoms with E-state index in [9.17, 15) is 9.59 Å². The predicted octanol–water partition coefficient (Wildman–Crippen LogP) is 1.60. The van der Waals surface area contributed by atoms with Gasteiger partial charge >= 0.3 is 0 Å². The maximum absolute atomic E-state index is 12.8. The van der Waals surface area contributed by atoms with E-state index in [1.807, 2.05) is 17.8 Å². The van der Waals surface area contributed by atoms with Crippen molar-refractivity contribution in [1.82, 2.24) is 19.8 Å². The molecule has 0 radical (unpaired) electrons. The number of hydrogen-bond acceptors (Lipinski definition) is 5. The van der Waals surface area contributed by atoms with Crippen LogP contribution in [0, 0.1) is 18.3 Å². The summed E-state index contributed by atoms with van der Waals surface area (Å²) in [4.78, 5) is 31.8. The molecule has 1 saturated heterocycles. The highest BCUT2D eigenvalue weighted by atomic mass is 16.2. The summed E-state index contributed by atoms with van der Waals surface area (Å²) in [6.45, 7) is 0.953. The van der Waals surface area contributed by atoms with Gasteiger partial charge in [0.25, 0.3) is 0 Å². The van der Waals surface area contributed by atoms with Crippen molar-refractivity contribution in [2.24, 2.45) is 23.2 Å². The van der Waals surface area contributed by atoms with Gasteiger partial charge in [0.1, 0.15) is 0 Å². The number of imidazole rings is 1. The number of rotatable bonds is 8. The van der Waals surface area contributed by atoms with Crippen LogP contribution in [0.2, 0.25) is 0 Å². The summed E-state index contributed by atoms with van der Waals surface area (Å²) in [5, 5.41) is 11.3. The average Bonchev–Trinajstić information content (AvgIpc) is 3.56. The fourth-order valence-corrected chi connectivity index (χ4v) is 3.87. The highest BCUT2D eigenvalue weighted by Crippen LogP contribution is 2.39. The molecule has 3 aliphatic rings. The molecule has 1 N–H and O–H groups in total. The number of likely N-dealkylation sites (tertiary alicyclic amines) is 1. The molecular weight excluding hydrogens is 356 g/mol. The van der Waals surface area contributed by atoms with E-state index in [1.165, 1.54) is 0 Å². The minimum atomic E-state index is -0.453. The molecule has 8 heteroatoms. The average molecular weight is 382 g/mol. The second-order valence-electron chi connectivity index (χ2n) is 8.15. The summed E-state index contributed by atoms with van der Waals surface area (Å²) in [5.41, 5.74) is 0.414. The molecule has 0 unspecified atom stereocenters. The molecule has 2 fully saturated rings. The Morgan fingerprint density at radius 3 is 2.71 bits per heavy atom. The van der Waals surface area contributed by atoms with Crippen molar-refractivity contribution in [3.05, 3.63) is 18.2 Å². The number of carbonyl (C=O) groups is 2. The molecule has 1 aliphatic carbocycles. The number of hydrogen-bond donors (Lipinski definition) is 1. The van der Waals surface area contributed by atoms with Gasteiger partial charge in [-0.15, -0.1) is 12.3 Å². The Hall–Kier alpha value is -2.69. The van der Waals surface area contributed by atoms with Gasteiger partial charge < -0.3 is 14.8 Å². The van der Waals surface area contributed by atoms with Crippen molar-refractivity contribution >= 4 is 11.8 Å². The fraction of sp³-hybridized carbons (Fsp3) is 0.650. The van der Waals surface area contributed by atoms with Crippen LogP contribution in [0.3, 0.4) is 0 Å². The Bertz CT molecular complexity index is 828. The van der Waals surface area contributed by atoms with Crippen molar-refractivity contribution in [3.8, 4) is 12.3 Å². The second-order valence-corrected chi connectivity index (χ2v) is 8.15. The molecule has 1 aromatic rings. The van der Waals surface area contributed by atoms with Crippen molar-refractivity contribution in [2.75, 3.05) is 13.1 Å². The van der Waals surface area contributed by atoms with Crippen LogP contribution >= 0.6 is 0 Å². The van der Waals surface area contributed by atoms with E-state index >= 15 is 0 Å². The molecule has 0 spiro atoms. The molecule has 4 rings (SSSR count). The Labute approximate surface area is 164 Å². The summed E-state index contributed by atoms with van der Waals surface area (Å²) in [6, 6.07) is 0.302. The molecule has 3 heterocycles. The van der Waals surface area contributed by atoms with Crippen molar-refractivity contribution in [3.63, 3.8) is 0 Å². The standard InChI is InChI=1S/C20H26N6O2/c1-3-4-8-20(23-24-20)9-7-18(27)26-10-15(17-12-25(2)13-21-17)16(11-26)19(28)22-14-5-6-14/h1,12-16H,4-11H2,2H3,(H,22,28)/t15-,16-/m1/s1. The molecule has 2 atom stereocenters. The van der Waals surface area contributed by atoms with E-state index in [0.717, 1.165) is 18.5 Å².